The van der Waals surface area contributed by atoms with Crippen molar-refractivity contribution in [2.24, 2.45) is 5.73 Å². The van der Waals surface area contributed by atoms with E-state index in [1.54, 1.807) is 0 Å². The average Bonchev–Trinajstić information content (AvgIpc) is 2.20. The van der Waals surface area contributed by atoms with Gasteiger partial charge in [-0.3, -0.25) is 4.79 Å². The number of rotatable bonds is 5. The van der Waals surface area contributed by atoms with Gasteiger partial charge < -0.3 is 10.5 Å². The normalized spacial score (nSPS) is 18.1. The van der Waals surface area contributed by atoms with Crippen LogP contribution in [0.15, 0.2) is 0 Å². The summed E-state index contributed by atoms with van der Waals surface area (Å²) in [6, 6.07) is 0. The second kappa shape index (κ2) is 6.82. The third-order valence-corrected chi connectivity index (χ3v) is 2.69. The lowest BCUT2D eigenvalue weighted by Crippen LogP contribution is -2.20. The predicted octanol–water partition coefficient (Wildman–Crippen LogP) is 1.99. The van der Waals surface area contributed by atoms with Gasteiger partial charge in [-0.1, -0.05) is 6.42 Å². The zero-order valence-electron chi connectivity index (χ0n) is 8.84. The van der Waals surface area contributed by atoms with Crippen LogP contribution in [0.3, 0.4) is 0 Å². The first-order valence-corrected chi connectivity index (χ1v) is 5.72. The SMILES string of the molecule is NCCCCC(=O)OC1CCCCC1. The van der Waals surface area contributed by atoms with Crippen molar-refractivity contribution < 1.29 is 9.53 Å². The number of hydrogen-bond acceptors (Lipinski definition) is 3. The minimum absolute atomic E-state index is 0.0367. The Labute approximate surface area is 86.0 Å². The molecule has 0 saturated heterocycles. The Kier molecular flexibility index (Phi) is 5.60. The van der Waals surface area contributed by atoms with Crippen molar-refractivity contribution in [1.29, 1.82) is 0 Å². The Hall–Kier alpha value is -0.570. The number of nitrogens with two attached hydrogens (primary N) is 1. The van der Waals surface area contributed by atoms with Crippen LogP contribution in [0.25, 0.3) is 0 Å². The minimum atomic E-state index is -0.0367. The summed E-state index contributed by atoms with van der Waals surface area (Å²) in [6.45, 7) is 0.663. The largest absolute Gasteiger partial charge is 0.462 e. The van der Waals surface area contributed by atoms with Crippen molar-refractivity contribution in [3.05, 3.63) is 0 Å². The van der Waals surface area contributed by atoms with E-state index in [2.05, 4.69) is 0 Å². The molecule has 14 heavy (non-hydrogen) atoms. The molecule has 0 amide bonds. The van der Waals surface area contributed by atoms with E-state index in [0.717, 1.165) is 25.7 Å². The molecule has 0 aromatic carbocycles. The standard InChI is InChI=1S/C11H21NO2/c12-9-5-4-8-11(13)14-10-6-2-1-3-7-10/h10H,1-9,12H2. The van der Waals surface area contributed by atoms with E-state index in [9.17, 15) is 4.79 Å². The summed E-state index contributed by atoms with van der Waals surface area (Å²) in [5, 5.41) is 0. The molecule has 3 nitrogen and oxygen atoms in total. The topological polar surface area (TPSA) is 52.3 Å². The van der Waals surface area contributed by atoms with Gasteiger partial charge in [-0.2, -0.15) is 0 Å². The Bertz CT molecular complexity index is 165. The van der Waals surface area contributed by atoms with Gasteiger partial charge >= 0.3 is 5.97 Å². The first-order valence-electron chi connectivity index (χ1n) is 5.72. The molecule has 0 aromatic heterocycles. The molecule has 1 aliphatic rings. The molecule has 1 fully saturated rings. The fourth-order valence-corrected chi connectivity index (χ4v) is 1.84. The Morgan fingerprint density at radius 1 is 1.21 bits per heavy atom. The van der Waals surface area contributed by atoms with Gasteiger partial charge in [0.15, 0.2) is 0 Å². The molecule has 0 radical (unpaired) electrons. The lowest BCUT2D eigenvalue weighted by Gasteiger charge is -2.21. The number of ether oxygens (including phenoxy) is 1. The summed E-state index contributed by atoms with van der Waals surface area (Å²) >= 11 is 0. The van der Waals surface area contributed by atoms with Crippen molar-refractivity contribution in [2.75, 3.05) is 6.54 Å². The lowest BCUT2D eigenvalue weighted by molar-refractivity contribution is -0.150. The van der Waals surface area contributed by atoms with E-state index in [0.29, 0.717) is 13.0 Å². The number of hydrogen-bond donors (Lipinski definition) is 1. The zero-order chi connectivity index (χ0) is 10.2. The second-order valence-electron chi connectivity index (χ2n) is 4.00. The van der Waals surface area contributed by atoms with Crippen molar-refractivity contribution in [3.63, 3.8) is 0 Å². The summed E-state index contributed by atoms with van der Waals surface area (Å²) in [6.07, 6.45) is 8.35. The Morgan fingerprint density at radius 3 is 2.57 bits per heavy atom. The van der Waals surface area contributed by atoms with Crippen molar-refractivity contribution in [3.8, 4) is 0 Å². The zero-order valence-corrected chi connectivity index (χ0v) is 8.84. The first-order chi connectivity index (χ1) is 6.83. The van der Waals surface area contributed by atoms with Crippen LogP contribution in [0.4, 0.5) is 0 Å². The predicted molar refractivity (Wildman–Crippen MR) is 55.9 cm³/mol. The minimum Gasteiger partial charge on any atom is -0.462 e. The number of carbonyl (C=O) groups is 1. The monoisotopic (exact) mass is 199 g/mol. The van der Waals surface area contributed by atoms with Gasteiger partial charge in [0, 0.05) is 6.42 Å². The van der Waals surface area contributed by atoms with Gasteiger partial charge in [-0.15, -0.1) is 0 Å². The highest BCUT2D eigenvalue weighted by Gasteiger charge is 2.16. The van der Waals surface area contributed by atoms with Gasteiger partial charge in [0.1, 0.15) is 6.10 Å². The van der Waals surface area contributed by atoms with Gasteiger partial charge in [-0.25, -0.2) is 0 Å². The van der Waals surface area contributed by atoms with E-state index < -0.39 is 0 Å². The molecule has 0 unspecified atom stereocenters. The fourth-order valence-electron chi connectivity index (χ4n) is 1.84. The maximum absolute atomic E-state index is 11.3. The molecule has 0 spiro atoms. The van der Waals surface area contributed by atoms with Crippen LogP contribution < -0.4 is 5.73 Å². The van der Waals surface area contributed by atoms with Crippen LogP contribution in [0, 0.1) is 0 Å². The molecule has 0 atom stereocenters. The molecule has 1 aliphatic carbocycles. The summed E-state index contributed by atoms with van der Waals surface area (Å²) in [4.78, 5) is 11.3. The molecule has 0 aromatic rings. The van der Waals surface area contributed by atoms with E-state index in [1.807, 2.05) is 0 Å². The van der Waals surface area contributed by atoms with Crippen LogP contribution in [0.2, 0.25) is 0 Å². The molecule has 82 valence electrons. The van der Waals surface area contributed by atoms with Crippen LogP contribution in [0.5, 0.6) is 0 Å². The second-order valence-corrected chi connectivity index (χ2v) is 4.00. The molecule has 3 heteroatoms. The van der Waals surface area contributed by atoms with Crippen LogP contribution in [0.1, 0.15) is 51.4 Å². The smallest absolute Gasteiger partial charge is 0.306 e. The summed E-state index contributed by atoms with van der Waals surface area (Å²) in [5.41, 5.74) is 5.35. The number of carbonyl (C=O) groups excluding carboxylic acids is 1. The summed E-state index contributed by atoms with van der Waals surface area (Å²) in [5.74, 6) is -0.0367. The molecule has 2 N–H and O–H groups in total. The van der Waals surface area contributed by atoms with Gasteiger partial charge in [-0.05, 0) is 45.1 Å². The van der Waals surface area contributed by atoms with E-state index in [4.69, 9.17) is 10.5 Å². The molecule has 1 rings (SSSR count). The summed E-state index contributed by atoms with van der Waals surface area (Å²) < 4.78 is 5.36. The molecule has 1 saturated carbocycles. The highest BCUT2D eigenvalue weighted by atomic mass is 16.5. The molecule has 0 bridgehead atoms. The fraction of sp³-hybridized carbons (Fsp3) is 0.909. The highest BCUT2D eigenvalue weighted by Crippen LogP contribution is 2.20. The van der Waals surface area contributed by atoms with Gasteiger partial charge in [0.05, 0.1) is 0 Å². The molecule has 0 aliphatic heterocycles. The molecular formula is C11H21NO2. The third-order valence-electron chi connectivity index (χ3n) is 2.69. The van der Waals surface area contributed by atoms with Gasteiger partial charge in [0.2, 0.25) is 0 Å². The van der Waals surface area contributed by atoms with E-state index in [-0.39, 0.29) is 12.1 Å². The average molecular weight is 199 g/mol. The first kappa shape index (κ1) is 11.5. The van der Waals surface area contributed by atoms with Crippen molar-refractivity contribution in [1.82, 2.24) is 0 Å². The Balaban J connectivity index is 2.06. The third kappa shape index (κ3) is 4.61. The quantitative estimate of drug-likeness (QED) is 0.544. The molecule has 0 heterocycles. The van der Waals surface area contributed by atoms with Crippen LogP contribution in [-0.4, -0.2) is 18.6 Å². The maximum atomic E-state index is 11.3. The Morgan fingerprint density at radius 2 is 1.93 bits per heavy atom. The number of unbranched alkanes of at least 4 members (excludes halogenated alkanes) is 1. The molecular weight excluding hydrogens is 178 g/mol. The highest BCUT2D eigenvalue weighted by molar-refractivity contribution is 5.69. The summed E-state index contributed by atoms with van der Waals surface area (Å²) in [7, 11) is 0. The lowest BCUT2D eigenvalue weighted by atomic mass is 9.98. The van der Waals surface area contributed by atoms with Crippen LogP contribution >= 0.6 is 0 Å². The van der Waals surface area contributed by atoms with E-state index >= 15 is 0 Å². The van der Waals surface area contributed by atoms with Crippen molar-refractivity contribution in [2.45, 2.75) is 57.5 Å². The van der Waals surface area contributed by atoms with Crippen molar-refractivity contribution >= 4 is 5.97 Å². The van der Waals surface area contributed by atoms with Gasteiger partial charge in [0.25, 0.3) is 0 Å². The van der Waals surface area contributed by atoms with E-state index in [1.165, 1.54) is 19.3 Å². The maximum Gasteiger partial charge on any atom is 0.306 e. The van der Waals surface area contributed by atoms with Crippen LogP contribution in [-0.2, 0) is 9.53 Å². The number of esters is 1.